The van der Waals surface area contributed by atoms with Crippen molar-refractivity contribution in [2.45, 2.75) is 59.0 Å². The molecule has 3 unspecified atom stereocenters. The van der Waals surface area contributed by atoms with E-state index in [0.717, 1.165) is 38.8 Å². The lowest BCUT2D eigenvalue weighted by molar-refractivity contribution is -0.159. The van der Waals surface area contributed by atoms with E-state index in [9.17, 15) is 4.79 Å². The molecule has 3 nitrogen and oxygen atoms in total. The maximum Gasteiger partial charge on any atom is 0.310 e. The molecular weight excluding hydrogens is 226 g/mol. The topological polar surface area (TPSA) is 38.3 Å². The molecule has 0 aromatic carbocycles. The van der Waals surface area contributed by atoms with E-state index in [4.69, 9.17) is 4.74 Å². The van der Waals surface area contributed by atoms with Crippen molar-refractivity contribution >= 4 is 5.97 Å². The third kappa shape index (κ3) is 3.71. The molecule has 0 radical (unpaired) electrons. The summed E-state index contributed by atoms with van der Waals surface area (Å²) in [6.45, 7) is 8.67. The standard InChI is InChI=1S/C15H27NO2/c1-11-7-13(9-15(2,3)8-11)18-14(17)12-5-4-6-16-10-12/h11-13,16H,4-10H2,1-3H3. The van der Waals surface area contributed by atoms with Crippen LogP contribution >= 0.6 is 0 Å². The highest BCUT2D eigenvalue weighted by molar-refractivity contribution is 5.73. The van der Waals surface area contributed by atoms with Gasteiger partial charge in [0.05, 0.1) is 5.92 Å². The Bertz CT molecular complexity index is 295. The Balaban J connectivity index is 1.86. The molecule has 3 heteroatoms. The Morgan fingerprint density at radius 3 is 2.72 bits per heavy atom. The fraction of sp³-hybridized carbons (Fsp3) is 0.933. The smallest absolute Gasteiger partial charge is 0.310 e. The van der Waals surface area contributed by atoms with Gasteiger partial charge in [0.25, 0.3) is 0 Å². The molecule has 0 aromatic rings. The highest BCUT2D eigenvalue weighted by Crippen LogP contribution is 2.39. The van der Waals surface area contributed by atoms with E-state index in [-0.39, 0.29) is 18.0 Å². The van der Waals surface area contributed by atoms with E-state index in [1.165, 1.54) is 6.42 Å². The van der Waals surface area contributed by atoms with Crippen LogP contribution in [0.5, 0.6) is 0 Å². The summed E-state index contributed by atoms with van der Waals surface area (Å²) in [6, 6.07) is 0. The molecule has 0 amide bonds. The molecule has 3 atom stereocenters. The number of nitrogens with one attached hydrogen (secondary N) is 1. The van der Waals surface area contributed by atoms with Crippen molar-refractivity contribution in [1.29, 1.82) is 0 Å². The van der Waals surface area contributed by atoms with Gasteiger partial charge in [0.2, 0.25) is 0 Å². The van der Waals surface area contributed by atoms with Gasteiger partial charge in [0.1, 0.15) is 6.10 Å². The maximum absolute atomic E-state index is 12.1. The van der Waals surface area contributed by atoms with Crippen LogP contribution in [0.15, 0.2) is 0 Å². The minimum absolute atomic E-state index is 0.0251. The fourth-order valence-corrected chi connectivity index (χ4v) is 3.66. The Morgan fingerprint density at radius 1 is 1.33 bits per heavy atom. The minimum Gasteiger partial charge on any atom is -0.462 e. The van der Waals surface area contributed by atoms with Gasteiger partial charge in [-0.15, -0.1) is 0 Å². The number of ether oxygens (including phenoxy) is 1. The molecule has 0 spiro atoms. The number of hydrogen-bond donors (Lipinski definition) is 1. The third-order valence-electron chi connectivity index (χ3n) is 4.26. The van der Waals surface area contributed by atoms with E-state index in [1.54, 1.807) is 0 Å². The van der Waals surface area contributed by atoms with Gasteiger partial charge < -0.3 is 10.1 Å². The zero-order valence-corrected chi connectivity index (χ0v) is 12.0. The van der Waals surface area contributed by atoms with Crippen LogP contribution in [0.1, 0.15) is 52.9 Å². The quantitative estimate of drug-likeness (QED) is 0.769. The molecule has 1 aliphatic carbocycles. The van der Waals surface area contributed by atoms with E-state index in [1.807, 2.05) is 0 Å². The second kappa shape index (κ2) is 5.60. The summed E-state index contributed by atoms with van der Waals surface area (Å²) in [4.78, 5) is 12.1. The molecule has 1 saturated carbocycles. The van der Waals surface area contributed by atoms with Crippen LogP contribution in [0.25, 0.3) is 0 Å². The normalized spacial score (nSPS) is 36.1. The monoisotopic (exact) mass is 253 g/mol. The van der Waals surface area contributed by atoms with Gasteiger partial charge in [-0.05, 0) is 50.0 Å². The SMILES string of the molecule is CC1CC(OC(=O)C2CCCNC2)CC(C)(C)C1. The van der Waals surface area contributed by atoms with Crippen molar-refractivity contribution < 1.29 is 9.53 Å². The van der Waals surface area contributed by atoms with E-state index < -0.39 is 0 Å². The zero-order valence-electron chi connectivity index (χ0n) is 12.0. The zero-order chi connectivity index (χ0) is 13.2. The lowest BCUT2D eigenvalue weighted by Crippen LogP contribution is -2.39. The number of carbonyl (C=O) groups is 1. The molecule has 1 saturated heterocycles. The second-order valence-electron chi connectivity index (χ2n) is 7.02. The third-order valence-corrected chi connectivity index (χ3v) is 4.26. The first kappa shape index (κ1) is 13.9. The lowest BCUT2D eigenvalue weighted by atomic mass is 9.71. The van der Waals surface area contributed by atoms with E-state index in [2.05, 4.69) is 26.1 Å². The first-order valence-electron chi connectivity index (χ1n) is 7.37. The van der Waals surface area contributed by atoms with Gasteiger partial charge in [-0.3, -0.25) is 4.79 Å². The fourth-order valence-electron chi connectivity index (χ4n) is 3.66. The van der Waals surface area contributed by atoms with Crippen LogP contribution in [0.4, 0.5) is 0 Å². The Hall–Kier alpha value is -0.570. The predicted molar refractivity (Wildman–Crippen MR) is 72.3 cm³/mol. The molecular formula is C15H27NO2. The average Bonchev–Trinajstić information content (AvgIpc) is 2.27. The van der Waals surface area contributed by atoms with Crippen LogP contribution in [0.2, 0.25) is 0 Å². The van der Waals surface area contributed by atoms with E-state index in [0.29, 0.717) is 11.3 Å². The summed E-state index contributed by atoms with van der Waals surface area (Å²) in [6.07, 6.45) is 5.51. The number of rotatable bonds is 2. The molecule has 1 aliphatic heterocycles. The van der Waals surface area contributed by atoms with Crippen molar-refractivity contribution in [3.05, 3.63) is 0 Å². The molecule has 0 aromatic heterocycles. The number of carbonyl (C=O) groups excluding carboxylic acids is 1. The minimum atomic E-state index is 0.0251. The van der Waals surface area contributed by atoms with Crippen LogP contribution in [-0.2, 0) is 9.53 Å². The average molecular weight is 253 g/mol. The van der Waals surface area contributed by atoms with Crippen LogP contribution in [0.3, 0.4) is 0 Å². The highest BCUT2D eigenvalue weighted by atomic mass is 16.5. The summed E-state index contributed by atoms with van der Waals surface area (Å²) in [5.74, 6) is 0.771. The van der Waals surface area contributed by atoms with Crippen LogP contribution < -0.4 is 5.32 Å². The maximum atomic E-state index is 12.1. The molecule has 104 valence electrons. The van der Waals surface area contributed by atoms with Gasteiger partial charge in [0.15, 0.2) is 0 Å². The van der Waals surface area contributed by atoms with Gasteiger partial charge in [0, 0.05) is 6.54 Å². The molecule has 2 fully saturated rings. The summed E-state index contributed by atoms with van der Waals surface area (Å²) < 4.78 is 5.76. The summed E-state index contributed by atoms with van der Waals surface area (Å²) in [7, 11) is 0. The van der Waals surface area contributed by atoms with Gasteiger partial charge in [-0.2, -0.15) is 0 Å². The van der Waals surface area contributed by atoms with E-state index >= 15 is 0 Å². The van der Waals surface area contributed by atoms with Gasteiger partial charge in [-0.25, -0.2) is 0 Å². The molecule has 1 heterocycles. The van der Waals surface area contributed by atoms with Gasteiger partial charge in [-0.1, -0.05) is 20.8 Å². The molecule has 2 aliphatic rings. The van der Waals surface area contributed by atoms with Crippen molar-refractivity contribution in [2.75, 3.05) is 13.1 Å². The van der Waals surface area contributed by atoms with Crippen molar-refractivity contribution in [2.24, 2.45) is 17.3 Å². The molecule has 2 rings (SSSR count). The number of hydrogen-bond acceptors (Lipinski definition) is 3. The van der Waals surface area contributed by atoms with Crippen molar-refractivity contribution in [3.63, 3.8) is 0 Å². The van der Waals surface area contributed by atoms with Crippen LogP contribution in [0, 0.1) is 17.3 Å². The first-order valence-corrected chi connectivity index (χ1v) is 7.37. The largest absolute Gasteiger partial charge is 0.462 e. The highest BCUT2D eigenvalue weighted by Gasteiger charge is 2.35. The molecule has 18 heavy (non-hydrogen) atoms. The summed E-state index contributed by atoms with van der Waals surface area (Å²) in [5.41, 5.74) is 0.313. The first-order chi connectivity index (χ1) is 8.46. The lowest BCUT2D eigenvalue weighted by Gasteiger charge is -2.39. The van der Waals surface area contributed by atoms with Crippen LogP contribution in [-0.4, -0.2) is 25.2 Å². The van der Waals surface area contributed by atoms with Gasteiger partial charge >= 0.3 is 5.97 Å². The summed E-state index contributed by atoms with van der Waals surface area (Å²) in [5, 5.41) is 3.28. The summed E-state index contributed by atoms with van der Waals surface area (Å²) >= 11 is 0. The second-order valence-corrected chi connectivity index (χ2v) is 7.02. The number of esters is 1. The molecule has 0 bridgehead atoms. The predicted octanol–water partition coefficient (Wildman–Crippen LogP) is 2.74. The Labute approximate surface area is 111 Å². The Morgan fingerprint density at radius 2 is 2.11 bits per heavy atom. The number of piperidine rings is 1. The van der Waals surface area contributed by atoms with Crippen molar-refractivity contribution in [3.8, 4) is 0 Å². The Kier molecular flexibility index (Phi) is 4.31. The molecule has 1 N–H and O–H groups in total. The van der Waals surface area contributed by atoms with Crippen molar-refractivity contribution in [1.82, 2.24) is 5.32 Å².